The van der Waals surface area contributed by atoms with Gasteiger partial charge < -0.3 is 0 Å². The van der Waals surface area contributed by atoms with Crippen molar-refractivity contribution in [3.63, 3.8) is 0 Å². The highest BCUT2D eigenvalue weighted by Gasteiger charge is 2.30. The largest absolute Gasteiger partial charge is 0.417 e. The number of rotatable bonds is 0. The molecule has 108 valence electrons. The lowest BCUT2D eigenvalue weighted by molar-refractivity contribution is -0.137. The molecule has 0 aliphatic rings. The minimum atomic E-state index is -4.40. The number of para-hydroxylation sites is 2. The van der Waals surface area contributed by atoms with Crippen LogP contribution in [-0.4, -0.2) is 15.0 Å². The number of aromatic nitrogens is 3. The van der Waals surface area contributed by atoms with E-state index in [0.29, 0.717) is 11.2 Å². The van der Waals surface area contributed by atoms with Crippen LogP contribution in [0.15, 0.2) is 48.8 Å². The number of hydrogen-bond acceptors (Lipinski definition) is 3. The molecule has 0 bridgehead atoms. The number of pyridine rings is 1. The van der Waals surface area contributed by atoms with Crippen molar-refractivity contribution in [1.29, 1.82) is 0 Å². The van der Waals surface area contributed by atoms with Crippen molar-refractivity contribution in [2.75, 3.05) is 0 Å². The maximum Gasteiger partial charge on any atom is 0.417 e. The number of nitrogens with zero attached hydrogens (tertiary/aromatic N) is 3. The van der Waals surface area contributed by atoms with Crippen LogP contribution in [0, 0.1) is 11.8 Å². The Morgan fingerprint density at radius 1 is 0.773 bits per heavy atom. The second kappa shape index (κ2) is 5.45. The summed E-state index contributed by atoms with van der Waals surface area (Å²) in [6.07, 6.45) is -2.13. The van der Waals surface area contributed by atoms with Crippen molar-refractivity contribution in [1.82, 2.24) is 15.0 Å². The standard InChI is InChI=1S/C16H8F3N3/c17-16(18,19)11-5-6-12(20-9-11)7-8-13-10-21-14-3-1-2-4-15(14)22-13/h1-6,9-10H. The summed E-state index contributed by atoms with van der Waals surface area (Å²) in [4.78, 5) is 12.2. The molecular weight excluding hydrogens is 291 g/mol. The lowest BCUT2D eigenvalue weighted by Crippen LogP contribution is -2.05. The van der Waals surface area contributed by atoms with Crippen LogP contribution in [0.1, 0.15) is 17.0 Å². The van der Waals surface area contributed by atoms with E-state index in [1.54, 1.807) is 0 Å². The third kappa shape index (κ3) is 3.04. The zero-order chi connectivity index (χ0) is 15.6. The van der Waals surface area contributed by atoms with E-state index in [0.717, 1.165) is 17.8 Å². The molecule has 1 aromatic carbocycles. The zero-order valence-corrected chi connectivity index (χ0v) is 11.1. The van der Waals surface area contributed by atoms with Crippen molar-refractivity contribution < 1.29 is 13.2 Å². The molecule has 0 saturated heterocycles. The molecule has 22 heavy (non-hydrogen) atoms. The molecule has 3 rings (SSSR count). The molecule has 6 heteroatoms. The number of hydrogen-bond donors (Lipinski definition) is 0. The van der Waals surface area contributed by atoms with E-state index in [1.165, 1.54) is 12.3 Å². The fourth-order valence-corrected chi connectivity index (χ4v) is 1.78. The number of benzene rings is 1. The molecule has 2 aromatic heterocycles. The quantitative estimate of drug-likeness (QED) is 0.597. The molecule has 0 amide bonds. The van der Waals surface area contributed by atoms with E-state index in [4.69, 9.17) is 0 Å². The van der Waals surface area contributed by atoms with Crippen LogP contribution < -0.4 is 0 Å². The van der Waals surface area contributed by atoms with Gasteiger partial charge in [-0.05, 0) is 36.1 Å². The molecule has 2 heterocycles. The van der Waals surface area contributed by atoms with Gasteiger partial charge in [-0.2, -0.15) is 13.2 Å². The van der Waals surface area contributed by atoms with Gasteiger partial charge >= 0.3 is 6.18 Å². The molecule has 0 unspecified atom stereocenters. The maximum absolute atomic E-state index is 12.4. The molecule has 0 aliphatic carbocycles. The van der Waals surface area contributed by atoms with Crippen LogP contribution in [0.25, 0.3) is 11.0 Å². The Kier molecular flexibility index (Phi) is 3.47. The van der Waals surface area contributed by atoms with Crippen molar-refractivity contribution >= 4 is 11.0 Å². The van der Waals surface area contributed by atoms with Gasteiger partial charge in [-0.25, -0.2) is 9.97 Å². The predicted octanol–water partition coefficient (Wildman–Crippen LogP) is 3.44. The summed E-state index contributed by atoms with van der Waals surface area (Å²) in [5.74, 6) is 5.42. The Bertz CT molecular complexity index is 875. The number of fused-ring (bicyclic) bond motifs is 1. The zero-order valence-electron chi connectivity index (χ0n) is 11.1. The molecule has 0 radical (unpaired) electrons. The van der Waals surface area contributed by atoms with Gasteiger partial charge in [0.05, 0.1) is 22.8 Å². The second-order valence-corrected chi connectivity index (χ2v) is 4.42. The molecule has 0 saturated carbocycles. The van der Waals surface area contributed by atoms with Gasteiger partial charge in [0, 0.05) is 6.20 Å². The molecule has 0 N–H and O–H groups in total. The first-order valence-corrected chi connectivity index (χ1v) is 6.29. The van der Waals surface area contributed by atoms with Gasteiger partial charge in [-0.3, -0.25) is 4.98 Å². The van der Waals surface area contributed by atoms with Crippen molar-refractivity contribution in [2.24, 2.45) is 0 Å². The van der Waals surface area contributed by atoms with Gasteiger partial charge in [-0.1, -0.05) is 12.1 Å². The Morgan fingerprint density at radius 3 is 2.18 bits per heavy atom. The first-order valence-electron chi connectivity index (χ1n) is 6.29. The highest BCUT2D eigenvalue weighted by Crippen LogP contribution is 2.28. The van der Waals surface area contributed by atoms with Crippen LogP contribution in [0.5, 0.6) is 0 Å². The third-order valence-corrected chi connectivity index (χ3v) is 2.86. The maximum atomic E-state index is 12.4. The summed E-state index contributed by atoms with van der Waals surface area (Å²) in [6, 6.07) is 9.51. The molecular formula is C16H8F3N3. The number of halogens is 3. The van der Waals surface area contributed by atoms with Crippen molar-refractivity contribution in [2.45, 2.75) is 6.18 Å². The van der Waals surface area contributed by atoms with Gasteiger partial charge in [0.2, 0.25) is 0 Å². The Labute approximate surface area is 123 Å². The van der Waals surface area contributed by atoms with Crippen LogP contribution in [-0.2, 0) is 6.18 Å². The lowest BCUT2D eigenvalue weighted by atomic mass is 10.2. The summed E-state index contributed by atoms with van der Waals surface area (Å²) in [6.45, 7) is 0. The van der Waals surface area contributed by atoms with E-state index < -0.39 is 11.7 Å². The molecule has 0 spiro atoms. The number of alkyl halides is 3. The Morgan fingerprint density at radius 2 is 1.50 bits per heavy atom. The fraction of sp³-hybridized carbons (Fsp3) is 0.0625. The average Bonchev–Trinajstić information content (AvgIpc) is 2.52. The minimum Gasteiger partial charge on any atom is -0.252 e. The summed E-state index contributed by atoms with van der Waals surface area (Å²) in [5, 5.41) is 0. The van der Waals surface area contributed by atoms with E-state index in [1.807, 2.05) is 24.3 Å². The van der Waals surface area contributed by atoms with Crippen molar-refractivity contribution in [3.8, 4) is 11.8 Å². The van der Waals surface area contributed by atoms with Crippen LogP contribution in [0.4, 0.5) is 13.2 Å². The monoisotopic (exact) mass is 299 g/mol. The summed E-state index contributed by atoms with van der Waals surface area (Å²) < 4.78 is 37.3. The van der Waals surface area contributed by atoms with E-state index in [-0.39, 0.29) is 5.69 Å². The predicted molar refractivity (Wildman–Crippen MR) is 74.8 cm³/mol. The van der Waals surface area contributed by atoms with E-state index in [2.05, 4.69) is 26.8 Å². The second-order valence-electron chi connectivity index (χ2n) is 4.42. The van der Waals surface area contributed by atoms with Crippen molar-refractivity contribution in [3.05, 3.63) is 65.7 Å². The molecule has 0 aliphatic heterocycles. The van der Waals surface area contributed by atoms with E-state index in [9.17, 15) is 13.2 Å². The fourth-order valence-electron chi connectivity index (χ4n) is 1.78. The summed E-state index contributed by atoms with van der Waals surface area (Å²) >= 11 is 0. The Hall–Kier alpha value is -2.94. The van der Waals surface area contributed by atoms with Crippen LogP contribution in [0.3, 0.4) is 0 Å². The molecule has 0 atom stereocenters. The van der Waals surface area contributed by atoms with Gasteiger partial charge in [0.1, 0.15) is 11.4 Å². The summed E-state index contributed by atoms with van der Waals surface area (Å²) in [7, 11) is 0. The smallest absolute Gasteiger partial charge is 0.252 e. The average molecular weight is 299 g/mol. The minimum absolute atomic E-state index is 0.239. The third-order valence-electron chi connectivity index (χ3n) is 2.86. The highest BCUT2D eigenvalue weighted by atomic mass is 19.4. The van der Waals surface area contributed by atoms with E-state index >= 15 is 0 Å². The first-order chi connectivity index (χ1) is 10.5. The van der Waals surface area contributed by atoms with Crippen LogP contribution >= 0.6 is 0 Å². The first kappa shape index (κ1) is 14.0. The molecule has 0 fully saturated rings. The lowest BCUT2D eigenvalue weighted by Gasteiger charge is -2.04. The summed E-state index contributed by atoms with van der Waals surface area (Å²) in [5.41, 5.74) is 1.32. The highest BCUT2D eigenvalue weighted by molar-refractivity contribution is 5.74. The van der Waals surface area contributed by atoms with Crippen LogP contribution in [0.2, 0.25) is 0 Å². The molecule has 3 aromatic rings. The van der Waals surface area contributed by atoms with Gasteiger partial charge in [0.15, 0.2) is 0 Å². The van der Waals surface area contributed by atoms with Gasteiger partial charge in [-0.15, -0.1) is 0 Å². The normalized spacial score (nSPS) is 11.0. The Balaban J connectivity index is 1.87. The topological polar surface area (TPSA) is 38.7 Å². The van der Waals surface area contributed by atoms with Gasteiger partial charge in [0.25, 0.3) is 0 Å². The molecule has 3 nitrogen and oxygen atoms in total. The SMILES string of the molecule is FC(F)(F)c1ccc(C#Cc2cnc3ccccc3n2)nc1.